The van der Waals surface area contributed by atoms with Gasteiger partial charge in [-0.1, -0.05) is 12.1 Å². The van der Waals surface area contributed by atoms with E-state index < -0.39 is 0 Å². The molecule has 2 aromatic carbocycles. The number of aryl methyl sites for hydroxylation is 1. The third-order valence-corrected chi connectivity index (χ3v) is 5.60. The predicted molar refractivity (Wildman–Crippen MR) is 128 cm³/mol. The third kappa shape index (κ3) is 4.57. The van der Waals surface area contributed by atoms with Crippen LogP contribution >= 0.6 is 11.3 Å². The van der Waals surface area contributed by atoms with E-state index in [4.69, 9.17) is 0 Å². The number of pyridine rings is 1. The molecule has 0 saturated heterocycles. The van der Waals surface area contributed by atoms with Gasteiger partial charge in [-0.15, -0.1) is 11.3 Å². The van der Waals surface area contributed by atoms with Gasteiger partial charge in [-0.05, 0) is 55.0 Å². The van der Waals surface area contributed by atoms with Crippen molar-refractivity contribution in [1.82, 2.24) is 9.97 Å². The van der Waals surface area contributed by atoms with Gasteiger partial charge >= 0.3 is 0 Å². The lowest BCUT2D eigenvalue weighted by atomic mass is 10.1. The number of carbonyl (C=O) groups is 1. The highest BCUT2D eigenvalue weighted by molar-refractivity contribution is 7.13. The maximum absolute atomic E-state index is 13.0. The van der Waals surface area contributed by atoms with Gasteiger partial charge in [0.2, 0.25) is 0 Å². The molecule has 0 aliphatic carbocycles. The van der Waals surface area contributed by atoms with Crippen molar-refractivity contribution in [3.8, 4) is 0 Å². The molecule has 2 aromatic heterocycles. The molecule has 1 N–H and O–H groups in total. The van der Waals surface area contributed by atoms with Gasteiger partial charge in [-0.25, -0.2) is 4.98 Å². The van der Waals surface area contributed by atoms with Crippen LogP contribution in [0.25, 0.3) is 0 Å². The molecule has 2 heterocycles. The summed E-state index contributed by atoms with van der Waals surface area (Å²) in [7, 11) is 3.94. The van der Waals surface area contributed by atoms with Crippen LogP contribution < -0.4 is 15.1 Å². The molecule has 0 fully saturated rings. The summed E-state index contributed by atoms with van der Waals surface area (Å²) in [5, 5.41) is 5.75. The Labute approximate surface area is 185 Å². The number of nitrogens with zero attached hydrogens (tertiary/aromatic N) is 4. The number of hydrogen-bond acceptors (Lipinski definition) is 6. The van der Waals surface area contributed by atoms with Crippen LogP contribution in [0.2, 0.25) is 0 Å². The van der Waals surface area contributed by atoms with Gasteiger partial charge in [-0.2, -0.15) is 0 Å². The zero-order chi connectivity index (χ0) is 21.8. The quantitative estimate of drug-likeness (QED) is 0.430. The molecule has 31 heavy (non-hydrogen) atoms. The number of benzene rings is 2. The second-order valence-corrected chi connectivity index (χ2v) is 8.13. The Hall–Kier alpha value is -3.71. The largest absolute Gasteiger partial charge is 0.378 e. The van der Waals surface area contributed by atoms with Gasteiger partial charge < -0.3 is 10.2 Å². The lowest BCUT2D eigenvalue weighted by molar-refractivity contribution is 0.102. The summed E-state index contributed by atoms with van der Waals surface area (Å²) in [6.45, 7) is 2.02. The Morgan fingerprint density at radius 1 is 1.00 bits per heavy atom. The molecule has 4 rings (SSSR count). The highest BCUT2D eigenvalue weighted by atomic mass is 32.1. The fraction of sp³-hybridized carbons (Fsp3) is 0.125. The highest BCUT2D eigenvalue weighted by Gasteiger charge is 2.19. The summed E-state index contributed by atoms with van der Waals surface area (Å²) in [5.74, 6) is -0.164. The summed E-state index contributed by atoms with van der Waals surface area (Å²) in [4.78, 5) is 25.8. The standard InChI is InChI=1S/C24H23N5OS/c1-17-9-10-18(23(30)27-19-6-4-7-20(15-19)28(2)3)14-22(17)29(24-26-12-13-31-24)21-8-5-11-25-16-21/h4-16H,1-3H3,(H,27,30). The second-order valence-electron chi connectivity index (χ2n) is 7.26. The van der Waals surface area contributed by atoms with E-state index in [2.05, 4.69) is 15.3 Å². The van der Waals surface area contributed by atoms with Crippen LogP contribution in [0.4, 0.5) is 27.9 Å². The first-order valence-corrected chi connectivity index (χ1v) is 10.7. The molecule has 0 aliphatic rings. The van der Waals surface area contributed by atoms with Crippen LogP contribution in [0, 0.1) is 6.92 Å². The van der Waals surface area contributed by atoms with E-state index in [9.17, 15) is 4.79 Å². The van der Waals surface area contributed by atoms with E-state index in [0.29, 0.717) is 5.56 Å². The smallest absolute Gasteiger partial charge is 0.255 e. The molecule has 4 aromatic rings. The SMILES string of the molecule is Cc1ccc(C(=O)Nc2cccc(N(C)C)c2)cc1N(c1cccnc1)c1nccs1. The maximum atomic E-state index is 13.0. The van der Waals surface area contributed by atoms with E-state index >= 15 is 0 Å². The van der Waals surface area contributed by atoms with Crippen molar-refractivity contribution < 1.29 is 4.79 Å². The van der Waals surface area contributed by atoms with Gasteiger partial charge in [-0.3, -0.25) is 14.7 Å². The molecule has 6 nitrogen and oxygen atoms in total. The number of nitrogens with one attached hydrogen (secondary N) is 1. The third-order valence-electron chi connectivity index (χ3n) is 4.85. The van der Waals surface area contributed by atoms with Gasteiger partial charge in [0.1, 0.15) is 0 Å². The summed E-state index contributed by atoms with van der Waals surface area (Å²) in [6.07, 6.45) is 5.30. The Morgan fingerprint density at radius 2 is 1.84 bits per heavy atom. The van der Waals surface area contributed by atoms with Crippen LogP contribution in [0.5, 0.6) is 0 Å². The van der Waals surface area contributed by atoms with E-state index in [-0.39, 0.29) is 5.91 Å². The lowest BCUT2D eigenvalue weighted by Crippen LogP contribution is -2.16. The maximum Gasteiger partial charge on any atom is 0.255 e. The zero-order valence-electron chi connectivity index (χ0n) is 17.6. The number of carbonyl (C=O) groups excluding carboxylic acids is 1. The van der Waals surface area contributed by atoms with Crippen molar-refractivity contribution in [2.75, 3.05) is 29.2 Å². The Bertz CT molecular complexity index is 1180. The number of hydrogen-bond donors (Lipinski definition) is 1. The monoisotopic (exact) mass is 429 g/mol. The van der Waals surface area contributed by atoms with Crippen LogP contribution in [0.1, 0.15) is 15.9 Å². The normalized spacial score (nSPS) is 10.5. The number of thiazole rings is 1. The molecular formula is C24H23N5OS. The average Bonchev–Trinajstić information content (AvgIpc) is 3.30. The molecule has 0 spiro atoms. The Kier molecular flexibility index (Phi) is 5.95. The first-order chi connectivity index (χ1) is 15.0. The molecule has 0 saturated carbocycles. The van der Waals surface area contributed by atoms with Crippen LogP contribution in [0.3, 0.4) is 0 Å². The predicted octanol–water partition coefficient (Wildman–Crippen LogP) is 5.63. The van der Waals surface area contributed by atoms with E-state index in [1.54, 1.807) is 18.6 Å². The second kappa shape index (κ2) is 8.97. The van der Waals surface area contributed by atoms with Gasteiger partial charge in [0, 0.05) is 48.8 Å². The zero-order valence-corrected chi connectivity index (χ0v) is 18.4. The summed E-state index contributed by atoms with van der Waals surface area (Å²) in [6, 6.07) is 17.3. The number of rotatable bonds is 6. The first kappa shape index (κ1) is 20.6. The van der Waals surface area contributed by atoms with Gasteiger partial charge in [0.05, 0.1) is 17.6 Å². The van der Waals surface area contributed by atoms with Gasteiger partial charge in [0.15, 0.2) is 5.13 Å². The molecule has 0 radical (unpaired) electrons. The minimum Gasteiger partial charge on any atom is -0.378 e. The molecule has 0 unspecified atom stereocenters. The minimum atomic E-state index is -0.164. The van der Waals surface area contributed by atoms with Crippen molar-refractivity contribution in [1.29, 1.82) is 0 Å². The van der Waals surface area contributed by atoms with Crippen LogP contribution in [-0.2, 0) is 0 Å². The molecule has 7 heteroatoms. The van der Waals surface area contributed by atoms with Crippen molar-refractivity contribution >= 4 is 45.1 Å². The summed E-state index contributed by atoms with van der Waals surface area (Å²) >= 11 is 1.53. The van der Waals surface area contributed by atoms with Crippen molar-refractivity contribution in [3.05, 3.63) is 89.7 Å². The Balaban J connectivity index is 1.69. The molecular weight excluding hydrogens is 406 g/mol. The molecule has 0 atom stereocenters. The fourth-order valence-electron chi connectivity index (χ4n) is 3.22. The van der Waals surface area contributed by atoms with Crippen molar-refractivity contribution in [3.63, 3.8) is 0 Å². The average molecular weight is 430 g/mol. The van der Waals surface area contributed by atoms with E-state index in [0.717, 1.165) is 33.4 Å². The lowest BCUT2D eigenvalue weighted by Gasteiger charge is -2.24. The fourth-order valence-corrected chi connectivity index (χ4v) is 3.90. The van der Waals surface area contributed by atoms with Crippen molar-refractivity contribution in [2.24, 2.45) is 0 Å². The minimum absolute atomic E-state index is 0.164. The van der Waals surface area contributed by atoms with Crippen LogP contribution in [0.15, 0.2) is 78.6 Å². The van der Waals surface area contributed by atoms with E-state index in [1.165, 1.54) is 11.3 Å². The van der Waals surface area contributed by atoms with Crippen molar-refractivity contribution in [2.45, 2.75) is 6.92 Å². The summed E-state index contributed by atoms with van der Waals surface area (Å²) in [5.41, 5.74) is 5.15. The Morgan fingerprint density at radius 3 is 2.55 bits per heavy atom. The van der Waals surface area contributed by atoms with Crippen LogP contribution in [-0.4, -0.2) is 30.0 Å². The van der Waals surface area contributed by atoms with E-state index in [1.807, 2.05) is 90.8 Å². The molecule has 1 amide bonds. The first-order valence-electron chi connectivity index (χ1n) is 9.82. The summed E-state index contributed by atoms with van der Waals surface area (Å²) < 4.78 is 0. The number of anilines is 5. The molecule has 0 aliphatic heterocycles. The number of aromatic nitrogens is 2. The number of amides is 1. The molecule has 0 bridgehead atoms. The highest BCUT2D eigenvalue weighted by Crippen LogP contribution is 2.37. The van der Waals surface area contributed by atoms with Gasteiger partial charge in [0.25, 0.3) is 5.91 Å². The topological polar surface area (TPSA) is 61.4 Å². The molecule has 156 valence electrons.